The number of rotatable bonds is 3. The van der Waals surface area contributed by atoms with E-state index in [9.17, 15) is 9.59 Å². The minimum atomic E-state index is -0.689. The van der Waals surface area contributed by atoms with Crippen LogP contribution in [0.3, 0.4) is 0 Å². The molecule has 1 aliphatic heterocycles. The van der Waals surface area contributed by atoms with Gasteiger partial charge in [-0.1, -0.05) is 19.3 Å². The highest BCUT2D eigenvalue weighted by atomic mass is 16.3. The van der Waals surface area contributed by atoms with Crippen LogP contribution in [0.25, 0.3) is 17.1 Å². The van der Waals surface area contributed by atoms with Crippen molar-refractivity contribution in [2.75, 3.05) is 13.1 Å². The minimum absolute atomic E-state index is 0.0325. The number of primary amides is 1. The first-order valence-corrected chi connectivity index (χ1v) is 9.16. The van der Waals surface area contributed by atoms with Crippen molar-refractivity contribution in [1.29, 1.82) is 0 Å². The third-order valence-corrected chi connectivity index (χ3v) is 4.87. The summed E-state index contributed by atoms with van der Waals surface area (Å²) in [7, 11) is 0. The molecular formula is C19H21N5O3. The van der Waals surface area contributed by atoms with Crippen LogP contribution in [0.5, 0.6) is 0 Å². The van der Waals surface area contributed by atoms with Crippen molar-refractivity contribution < 1.29 is 14.0 Å². The lowest BCUT2D eigenvalue weighted by molar-refractivity contribution is 0.0734. The second-order valence-corrected chi connectivity index (χ2v) is 6.71. The minimum Gasteiger partial charge on any atom is -0.463 e. The van der Waals surface area contributed by atoms with Crippen LogP contribution >= 0.6 is 0 Å². The van der Waals surface area contributed by atoms with Crippen molar-refractivity contribution in [2.24, 2.45) is 5.73 Å². The van der Waals surface area contributed by atoms with E-state index in [4.69, 9.17) is 10.2 Å². The Morgan fingerprint density at radius 3 is 2.52 bits per heavy atom. The number of hydrogen-bond donors (Lipinski definition) is 1. The van der Waals surface area contributed by atoms with Crippen LogP contribution in [-0.4, -0.2) is 44.2 Å². The largest absolute Gasteiger partial charge is 0.463 e. The second-order valence-electron chi connectivity index (χ2n) is 6.71. The molecule has 2 N–H and O–H groups in total. The van der Waals surface area contributed by atoms with Crippen molar-refractivity contribution in [1.82, 2.24) is 19.3 Å². The van der Waals surface area contributed by atoms with E-state index in [2.05, 4.69) is 9.97 Å². The maximum absolute atomic E-state index is 13.3. The monoisotopic (exact) mass is 367 g/mol. The normalized spacial score (nSPS) is 15.5. The van der Waals surface area contributed by atoms with Gasteiger partial charge in [0.2, 0.25) is 0 Å². The highest BCUT2D eigenvalue weighted by Crippen LogP contribution is 2.23. The van der Waals surface area contributed by atoms with Crippen LogP contribution in [0.2, 0.25) is 0 Å². The van der Waals surface area contributed by atoms with Crippen LogP contribution in [0.4, 0.5) is 0 Å². The van der Waals surface area contributed by atoms with E-state index in [0.29, 0.717) is 17.1 Å². The summed E-state index contributed by atoms with van der Waals surface area (Å²) in [6, 6.07) is 5.18. The molecule has 4 rings (SSSR count). The van der Waals surface area contributed by atoms with Crippen LogP contribution < -0.4 is 5.73 Å². The Hall–Kier alpha value is -3.16. The molecule has 27 heavy (non-hydrogen) atoms. The first-order valence-electron chi connectivity index (χ1n) is 9.16. The number of likely N-dealkylation sites (tertiary alicyclic amines) is 1. The van der Waals surface area contributed by atoms with Gasteiger partial charge in [-0.3, -0.25) is 14.0 Å². The molecule has 3 aromatic rings. The molecule has 1 saturated heterocycles. The van der Waals surface area contributed by atoms with Crippen molar-refractivity contribution in [3.05, 3.63) is 42.2 Å². The van der Waals surface area contributed by atoms with Gasteiger partial charge in [0.05, 0.1) is 6.26 Å². The molecule has 1 fully saturated rings. The van der Waals surface area contributed by atoms with Gasteiger partial charge in [0.1, 0.15) is 17.7 Å². The van der Waals surface area contributed by atoms with E-state index in [1.165, 1.54) is 23.4 Å². The Balaban J connectivity index is 1.82. The quantitative estimate of drug-likeness (QED) is 0.765. The highest BCUT2D eigenvalue weighted by Gasteiger charge is 2.24. The van der Waals surface area contributed by atoms with Gasteiger partial charge in [-0.05, 0) is 31.0 Å². The van der Waals surface area contributed by atoms with E-state index < -0.39 is 5.91 Å². The van der Waals surface area contributed by atoms with Crippen molar-refractivity contribution in [2.45, 2.75) is 32.1 Å². The van der Waals surface area contributed by atoms with Crippen molar-refractivity contribution >= 4 is 17.5 Å². The summed E-state index contributed by atoms with van der Waals surface area (Å²) in [5.74, 6) is -0.285. The van der Waals surface area contributed by atoms with E-state index in [1.807, 2.05) is 4.90 Å². The Labute approximate surface area is 156 Å². The summed E-state index contributed by atoms with van der Waals surface area (Å²) < 4.78 is 6.96. The average molecular weight is 367 g/mol. The Bertz CT molecular complexity index is 969. The van der Waals surface area contributed by atoms with E-state index in [-0.39, 0.29) is 17.2 Å². The predicted molar refractivity (Wildman–Crippen MR) is 98.2 cm³/mol. The molecule has 1 aliphatic rings. The number of amides is 2. The number of imidazole rings is 1. The predicted octanol–water partition coefficient (Wildman–Crippen LogP) is 2.49. The third-order valence-electron chi connectivity index (χ3n) is 4.87. The van der Waals surface area contributed by atoms with Crippen LogP contribution in [0.15, 0.2) is 35.2 Å². The van der Waals surface area contributed by atoms with Gasteiger partial charge in [0.15, 0.2) is 17.1 Å². The summed E-state index contributed by atoms with van der Waals surface area (Å²) in [6.07, 6.45) is 8.41. The molecule has 3 aromatic heterocycles. The molecule has 0 saturated carbocycles. The lowest BCUT2D eigenvalue weighted by Gasteiger charge is -2.25. The van der Waals surface area contributed by atoms with Gasteiger partial charge in [0, 0.05) is 13.1 Å². The zero-order valence-electron chi connectivity index (χ0n) is 14.9. The molecule has 0 aromatic carbocycles. The smallest absolute Gasteiger partial charge is 0.271 e. The van der Waals surface area contributed by atoms with Gasteiger partial charge in [-0.25, -0.2) is 9.97 Å². The Morgan fingerprint density at radius 1 is 1.11 bits per heavy atom. The van der Waals surface area contributed by atoms with Crippen LogP contribution in [0.1, 0.15) is 53.1 Å². The lowest BCUT2D eigenvalue weighted by Crippen LogP contribution is -2.35. The number of nitrogens with two attached hydrogens (primary N) is 1. The number of furan rings is 1. The molecule has 2 amide bonds. The maximum Gasteiger partial charge on any atom is 0.271 e. The summed E-state index contributed by atoms with van der Waals surface area (Å²) in [4.78, 5) is 35.4. The molecule has 0 spiro atoms. The van der Waals surface area contributed by atoms with Gasteiger partial charge < -0.3 is 15.1 Å². The van der Waals surface area contributed by atoms with E-state index in [1.54, 1.807) is 18.2 Å². The highest BCUT2D eigenvalue weighted by molar-refractivity contribution is 5.99. The Morgan fingerprint density at radius 2 is 1.85 bits per heavy atom. The molecule has 0 aliphatic carbocycles. The summed E-state index contributed by atoms with van der Waals surface area (Å²) in [5.41, 5.74) is 6.57. The van der Waals surface area contributed by atoms with E-state index in [0.717, 1.165) is 38.8 Å². The maximum atomic E-state index is 13.3. The molecule has 8 heteroatoms. The average Bonchev–Trinajstić information content (AvgIpc) is 3.29. The molecule has 4 heterocycles. The molecule has 0 bridgehead atoms. The SMILES string of the molecule is NC(=O)c1ncn2c(C(=O)N3CCCCCCC3)cc(-c3ccco3)nc12. The number of hydrogen-bond acceptors (Lipinski definition) is 5. The molecule has 0 unspecified atom stereocenters. The number of nitrogens with zero attached hydrogens (tertiary/aromatic N) is 4. The lowest BCUT2D eigenvalue weighted by atomic mass is 10.1. The van der Waals surface area contributed by atoms with Crippen molar-refractivity contribution in [3.63, 3.8) is 0 Å². The van der Waals surface area contributed by atoms with Gasteiger partial charge in [-0.15, -0.1) is 0 Å². The standard InChI is InChI=1S/C19H21N5O3/c20-17(25)16-18-22-13(15-7-6-10-27-15)11-14(24(18)12-21-16)19(26)23-8-4-2-1-3-5-9-23/h6-7,10-12H,1-5,8-9H2,(H2,20,25). The third kappa shape index (κ3) is 3.30. The fourth-order valence-corrected chi connectivity index (χ4v) is 3.47. The van der Waals surface area contributed by atoms with Gasteiger partial charge >= 0.3 is 0 Å². The number of fused-ring (bicyclic) bond motifs is 1. The number of carbonyl (C=O) groups is 2. The fourth-order valence-electron chi connectivity index (χ4n) is 3.47. The molecule has 140 valence electrons. The number of aromatic nitrogens is 3. The van der Waals surface area contributed by atoms with Crippen LogP contribution in [0, 0.1) is 0 Å². The van der Waals surface area contributed by atoms with Gasteiger partial charge in [-0.2, -0.15) is 0 Å². The molecule has 8 nitrogen and oxygen atoms in total. The fraction of sp³-hybridized carbons (Fsp3) is 0.368. The zero-order chi connectivity index (χ0) is 18.8. The summed E-state index contributed by atoms with van der Waals surface area (Å²) in [5, 5.41) is 0. The first kappa shape index (κ1) is 17.3. The second kappa shape index (κ2) is 7.22. The molecule has 0 atom stereocenters. The van der Waals surface area contributed by atoms with Crippen LogP contribution in [-0.2, 0) is 0 Å². The summed E-state index contributed by atoms with van der Waals surface area (Å²) in [6.45, 7) is 1.44. The molecule has 0 radical (unpaired) electrons. The topological polar surface area (TPSA) is 107 Å². The van der Waals surface area contributed by atoms with Gasteiger partial charge in [0.25, 0.3) is 11.8 Å². The van der Waals surface area contributed by atoms with E-state index >= 15 is 0 Å². The van der Waals surface area contributed by atoms with Crippen molar-refractivity contribution in [3.8, 4) is 11.5 Å². The molecular weight excluding hydrogens is 346 g/mol. The zero-order valence-corrected chi connectivity index (χ0v) is 14.9. The Kier molecular flexibility index (Phi) is 4.62. The summed E-state index contributed by atoms with van der Waals surface area (Å²) >= 11 is 0. The first-order chi connectivity index (χ1) is 13.1. The number of carbonyl (C=O) groups excluding carboxylic acids is 2.